The van der Waals surface area contributed by atoms with E-state index >= 15 is 0 Å². The summed E-state index contributed by atoms with van der Waals surface area (Å²) in [6.45, 7) is 3.77. The molecule has 1 aliphatic rings. The van der Waals surface area contributed by atoms with Gasteiger partial charge in [-0.15, -0.1) is 0 Å². The Hall–Kier alpha value is -1.84. The van der Waals surface area contributed by atoms with Crippen LogP contribution in [-0.2, 0) is 9.59 Å². The molecule has 1 atom stereocenters. The highest BCUT2D eigenvalue weighted by Gasteiger charge is 2.26. The van der Waals surface area contributed by atoms with Gasteiger partial charge in [0, 0.05) is 20.0 Å². The lowest BCUT2D eigenvalue weighted by atomic mass is 9.86. The summed E-state index contributed by atoms with van der Waals surface area (Å²) in [6, 6.07) is 9.79. The molecule has 1 aromatic carbocycles. The molecule has 1 fully saturated rings. The fourth-order valence-corrected chi connectivity index (χ4v) is 3.33. The first-order valence-electron chi connectivity index (χ1n) is 8.55. The van der Waals surface area contributed by atoms with Gasteiger partial charge in [0.2, 0.25) is 11.8 Å². The summed E-state index contributed by atoms with van der Waals surface area (Å²) in [7, 11) is 1.90. The zero-order chi connectivity index (χ0) is 16.8. The van der Waals surface area contributed by atoms with E-state index < -0.39 is 0 Å². The van der Waals surface area contributed by atoms with Gasteiger partial charge in [-0.05, 0) is 37.2 Å². The molecule has 2 amide bonds. The van der Waals surface area contributed by atoms with Gasteiger partial charge in [-0.3, -0.25) is 9.59 Å². The summed E-state index contributed by atoms with van der Waals surface area (Å²) < 4.78 is 0. The van der Waals surface area contributed by atoms with Crippen LogP contribution in [0.5, 0.6) is 0 Å². The average molecular weight is 316 g/mol. The number of carbonyl (C=O) groups excluding carboxylic acids is 2. The molecule has 23 heavy (non-hydrogen) atoms. The van der Waals surface area contributed by atoms with Crippen LogP contribution in [0.1, 0.15) is 57.6 Å². The van der Waals surface area contributed by atoms with Crippen LogP contribution in [0.3, 0.4) is 0 Å². The number of amides is 2. The van der Waals surface area contributed by atoms with Crippen molar-refractivity contribution in [2.75, 3.05) is 7.05 Å². The van der Waals surface area contributed by atoms with Crippen LogP contribution in [0.15, 0.2) is 30.3 Å². The largest absolute Gasteiger partial charge is 0.349 e. The molecule has 2 rings (SSSR count). The smallest absolute Gasteiger partial charge is 0.224 e. The Balaban J connectivity index is 2.00. The lowest BCUT2D eigenvalue weighted by Crippen LogP contribution is -2.41. The number of nitrogens with one attached hydrogen (secondary N) is 1. The Morgan fingerprint density at radius 1 is 1.17 bits per heavy atom. The molecule has 1 N–H and O–H groups in total. The van der Waals surface area contributed by atoms with E-state index in [1.807, 2.05) is 42.3 Å². The minimum absolute atomic E-state index is 0.104. The Morgan fingerprint density at radius 2 is 1.78 bits per heavy atom. The highest BCUT2D eigenvalue weighted by Crippen LogP contribution is 2.27. The second-order valence-electron chi connectivity index (χ2n) is 6.79. The maximum Gasteiger partial charge on any atom is 0.224 e. The molecule has 0 saturated heterocycles. The van der Waals surface area contributed by atoms with Gasteiger partial charge in [0.15, 0.2) is 0 Å². The summed E-state index contributed by atoms with van der Waals surface area (Å²) in [6.07, 6.45) is 4.86. The van der Waals surface area contributed by atoms with Crippen LogP contribution < -0.4 is 5.32 Å². The average Bonchev–Trinajstić information content (AvgIpc) is 2.54. The van der Waals surface area contributed by atoms with Crippen molar-refractivity contribution in [3.05, 3.63) is 35.9 Å². The second kappa shape index (κ2) is 8.14. The molecule has 1 aliphatic carbocycles. The quantitative estimate of drug-likeness (QED) is 0.906. The predicted octanol–water partition coefficient (Wildman–Crippen LogP) is 3.29. The van der Waals surface area contributed by atoms with Crippen molar-refractivity contribution in [1.29, 1.82) is 0 Å². The Kier molecular flexibility index (Phi) is 6.20. The topological polar surface area (TPSA) is 49.4 Å². The fraction of sp³-hybridized carbons (Fsp3) is 0.579. The highest BCUT2D eigenvalue weighted by atomic mass is 16.2. The fourth-order valence-electron chi connectivity index (χ4n) is 3.33. The Bertz CT molecular complexity index is 521. The molecule has 0 heterocycles. The van der Waals surface area contributed by atoms with Crippen molar-refractivity contribution in [2.24, 2.45) is 5.92 Å². The number of nitrogens with zero attached hydrogens (tertiary/aromatic N) is 1. The molecule has 1 unspecified atom stereocenters. The third-order valence-electron chi connectivity index (χ3n) is 4.88. The van der Waals surface area contributed by atoms with Crippen molar-refractivity contribution in [3.63, 3.8) is 0 Å². The van der Waals surface area contributed by atoms with E-state index in [1.54, 1.807) is 0 Å². The van der Waals surface area contributed by atoms with E-state index in [2.05, 4.69) is 12.2 Å². The van der Waals surface area contributed by atoms with E-state index in [1.165, 1.54) is 19.8 Å². The van der Waals surface area contributed by atoms with Gasteiger partial charge in [-0.1, -0.05) is 37.3 Å². The first-order chi connectivity index (χ1) is 11.0. The van der Waals surface area contributed by atoms with E-state index in [4.69, 9.17) is 0 Å². The summed E-state index contributed by atoms with van der Waals surface area (Å²) in [5.41, 5.74) is 0.974. The summed E-state index contributed by atoms with van der Waals surface area (Å²) in [4.78, 5) is 26.0. The number of carbonyl (C=O) groups is 2. The van der Waals surface area contributed by atoms with Gasteiger partial charge < -0.3 is 10.2 Å². The van der Waals surface area contributed by atoms with Crippen molar-refractivity contribution < 1.29 is 9.59 Å². The molecule has 4 heteroatoms. The van der Waals surface area contributed by atoms with Gasteiger partial charge in [0.05, 0.1) is 12.5 Å². The van der Waals surface area contributed by atoms with E-state index in [0.717, 1.165) is 24.3 Å². The highest BCUT2D eigenvalue weighted by molar-refractivity contribution is 5.79. The van der Waals surface area contributed by atoms with Crippen molar-refractivity contribution >= 4 is 11.8 Å². The number of hydrogen-bond acceptors (Lipinski definition) is 2. The molecule has 1 saturated carbocycles. The van der Waals surface area contributed by atoms with Crippen molar-refractivity contribution in [2.45, 2.75) is 58.0 Å². The molecule has 0 aromatic heterocycles. The minimum Gasteiger partial charge on any atom is -0.349 e. The van der Waals surface area contributed by atoms with Crippen LogP contribution in [-0.4, -0.2) is 29.8 Å². The lowest BCUT2D eigenvalue weighted by molar-refractivity contribution is -0.133. The Labute approximate surface area is 139 Å². The van der Waals surface area contributed by atoms with Crippen LogP contribution in [0.2, 0.25) is 0 Å². The van der Waals surface area contributed by atoms with Crippen LogP contribution in [0.4, 0.5) is 0 Å². The molecule has 0 aliphatic heterocycles. The van der Waals surface area contributed by atoms with Crippen LogP contribution >= 0.6 is 0 Å². The zero-order valence-electron chi connectivity index (χ0n) is 14.4. The van der Waals surface area contributed by atoms with Gasteiger partial charge in [-0.2, -0.15) is 0 Å². The molecule has 0 radical (unpaired) electrons. The van der Waals surface area contributed by atoms with Gasteiger partial charge in [-0.25, -0.2) is 0 Å². The SMILES string of the molecule is CC(=O)NC(CC(=O)N(C)C1CCC(C)CC1)c1ccccc1. The van der Waals surface area contributed by atoms with E-state index in [9.17, 15) is 9.59 Å². The maximum absolute atomic E-state index is 12.7. The molecule has 126 valence electrons. The second-order valence-corrected chi connectivity index (χ2v) is 6.79. The molecular formula is C19H28N2O2. The third-order valence-corrected chi connectivity index (χ3v) is 4.88. The predicted molar refractivity (Wildman–Crippen MR) is 91.8 cm³/mol. The summed E-state index contributed by atoms with van der Waals surface area (Å²) in [5.74, 6) is 0.763. The lowest BCUT2D eigenvalue weighted by Gasteiger charge is -2.34. The minimum atomic E-state index is -0.258. The summed E-state index contributed by atoms with van der Waals surface area (Å²) in [5, 5.41) is 2.91. The third kappa shape index (κ3) is 5.08. The number of benzene rings is 1. The number of hydrogen-bond donors (Lipinski definition) is 1. The van der Waals surface area contributed by atoms with E-state index in [0.29, 0.717) is 12.5 Å². The molecule has 1 aromatic rings. The van der Waals surface area contributed by atoms with Gasteiger partial charge >= 0.3 is 0 Å². The van der Waals surface area contributed by atoms with E-state index in [-0.39, 0.29) is 17.9 Å². The van der Waals surface area contributed by atoms with Crippen LogP contribution in [0.25, 0.3) is 0 Å². The maximum atomic E-state index is 12.7. The normalized spacial score (nSPS) is 22.2. The van der Waals surface area contributed by atoms with Crippen molar-refractivity contribution in [1.82, 2.24) is 10.2 Å². The first-order valence-corrected chi connectivity index (χ1v) is 8.55. The van der Waals surface area contributed by atoms with Crippen molar-refractivity contribution in [3.8, 4) is 0 Å². The van der Waals surface area contributed by atoms with Gasteiger partial charge in [0.25, 0.3) is 0 Å². The molecule has 0 bridgehead atoms. The van der Waals surface area contributed by atoms with Crippen LogP contribution in [0, 0.1) is 5.92 Å². The molecule has 4 nitrogen and oxygen atoms in total. The Morgan fingerprint density at radius 3 is 2.35 bits per heavy atom. The standard InChI is InChI=1S/C19H28N2O2/c1-14-9-11-17(12-10-14)21(3)19(23)13-18(20-15(2)22)16-7-5-4-6-8-16/h4-8,14,17-18H,9-13H2,1-3H3,(H,20,22). The first kappa shape index (κ1) is 17.5. The number of rotatable bonds is 5. The molecular weight excluding hydrogens is 288 g/mol. The monoisotopic (exact) mass is 316 g/mol. The zero-order valence-corrected chi connectivity index (χ0v) is 14.4. The molecule has 0 spiro atoms. The van der Waals surface area contributed by atoms with Gasteiger partial charge in [0.1, 0.15) is 0 Å². The summed E-state index contributed by atoms with van der Waals surface area (Å²) >= 11 is 0.